The summed E-state index contributed by atoms with van der Waals surface area (Å²) in [5.74, 6) is 0.912. The van der Waals surface area contributed by atoms with Gasteiger partial charge in [0.25, 0.3) is 0 Å². The number of hydrogen-bond donors (Lipinski definition) is 2. The zero-order chi connectivity index (χ0) is 13.1. The summed E-state index contributed by atoms with van der Waals surface area (Å²) in [5, 5.41) is 15.8. The second kappa shape index (κ2) is 4.74. The van der Waals surface area contributed by atoms with Gasteiger partial charge in [-0.05, 0) is 13.0 Å². The number of pyridine rings is 1. The lowest BCUT2D eigenvalue weighted by Gasteiger charge is -2.08. The van der Waals surface area contributed by atoms with Gasteiger partial charge in [-0.2, -0.15) is 5.10 Å². The molecule has 0 fully saturated rings. The van der Waals surface area contributed by atoms with Crippen molar-refractivity contribution in [3.8, 4) is 11.6 Å². The maximum Gasteiger partial charge on any atom is 0.217 e. The lowest BCUT2D eigenvalue weighted by atomic mass is 10.2. The predicted molar refractivity (Wildman–Crippen MR) is 64.8 cm³/mol. The average Bonchev–Trinajstić information content (AvgIpc) is 2.67. The number of hydrogen-bond acceptors (Lipinski definition) is 5. The van der Waals surface area contributed by atoms with Crippen LogP contribution in [-0.4, -0.2) is 25.8 Å². The van der Waals surface area contributed by atoms with E-state index in [1.54, 1.807) is 23.9 Å². The van der Waals surface area contributed by atoms with Crippen LogP contribution < -0.4 is 10.5 Å². The molecule has 0 bridgehead atoms. The monoisotopic (exact) mass is 247 g/mol. The van der Waals surface area contributed by atoms with E-state index in [0.717, 1.165) is 5.69 Å². The Morgan fingerprint density at radius 1 is 1.56 bits per heavy atom. The molecule has 2 heterocycles. The summed E-state index contributed by atoms with van der Waals surface area (Å²) in [6.45, 7) is 1.86. The third-order valence-electron chi connectivity index (χ3n) is 2.34. The maximum atomic E-state index is 8.71. The number of ether oxygens (including phenoxy) is 1. The Hall–Kier alpha value is -2.57. The van der Waals surface area contributed by atoms with E-state index < -0.39 is 0 Å². The molecular formula is C11H13N5O2. The van der Waals surface area contributed by atoms with Gasteiger partial charge in [0, 0.05) is 19.3 Å². The van der Waals surface area contributed by atoms with Crippen LogP contribution in [0.5, 0.6) is 11.6 Å². The van der Waals surface area contributed by atoms with Crippen molar-refractivity contribution in [2.24, 2.45) is 17.9 Å². The van der Waals surface area contributed by atoms with Gasteiger partial charge in [0.15, 0.2) is 11.6 Å². The minimum Gasteiger partial charge on any atom is -0.437 e. The normalized spacial score (nSPS) is 11.6. The van der Waals surface area contributed by atoms with Crippen molar-refractivity contribution in [2.45, 2.75) is 6.92 Å². The van der Waals surface area contributed by atoms with Crippen molar-refractivity contribution in [3.05, 3.63) is 35.8 Å². The standard InChI is InChI=1S/C11H13N5O2/c1-7-5-10(16(2)14-7)18-9-6-13-4-3-8(9)11(12)15-17/h3-6,17H,1-2H3,(H2,12,15). The molecule has 0 amide bonds. The molecule has 0 aliphatic carbocycles. The highest BCUT2D eigenvalue weighted by Gasteiger charge is 2.11. The van der Waals surface area contributed by atoms with Gasteiger partial charge in [-0.25, -0.2) is 4.68 Å². The summed E-state index contributed by atoms with van der Waals surface area (Å²) in [6.07, 6.45) is 3.03. The van der Waals surface area contributed by atoms with Gasteiger partial charge in [-0.3, -0.25) is 4.98 Å². The first-order valence-electron chi connectivity index (χ1n) is 5.22. The Labute approximate surface area is 104 Å². The highest BCUT2D eigenvalue weighted by Crippen LogP contribution is 2.24. The molecule has 3 N–H and O–H groups in total. The SMILES string of the molecule is Cc1cc(Oc2cnccc2/C(N)=N/O)n(C)n1. The van der Waals surface area contributed by atoms with Gasteiger partial charge in [0.1, 0.15) is 0 Å². The quantitative estimate of drug-likeness (QED) is 0.365. The zero-order valence-corrected chi connectivity index (χ0v) is 10.0. The molecule has 0 radical (unpaired) electrons. The lowest BCUT2D eigenvalue weighted by Crippen LogP contribution is -2.14. The van der Waals surface area contributed by atoms with Crippen molar-refractivity contribution in [1.82, 2.24) is 14.8 Å². The van der Waals surface area contributed by atoms with E-state index in [2.05, 4.69) is 15.2 Å². The number of nitrogens with zero attached hydrogens (tertiary/aromatic N) is 4. The van der Waals surface area contributed by atoms with E-state index in [9.17, 15) is 0 Å². The smallest absolute Gasteiger partial charge is 0.217 e. The second-order valence-electron chi connectivity index (χ2n) is 3.71. The molecule has 0 atom stereocenters. The second-order valence-corrected chi connectivity index (χ2v) is 3.71. The molecule has 94 valence electrons. The molecule has 0 saturated carbocycles. The Balaban J connectivity index is 2.38. The molecule has 0 aliphatic rings. The van der Waals surface area contributed by atoms with E-state index in [0.29, 0.717) is 17.2 Å². The highest BCUT2D eigenvalue weighted by molar-refractivity contribution is 5.99. The summed E-state index contributed by atoms with van der Waals surface area (Å²) < 4.78 is 7.25. The fraction of sp³-hybridized carbons (Fsp3) is 0.182. The van der Waals surface area contributed by atoms with Crippen molar-refractivity contribution in [3.63, 3.8) is 0 Å². The van der Waals surface area contributed by atoms with Gasteiger partial charge in [-0.15, -0.1) is 0 Å². The topological polar surface area (TPSA) is 98.5 Å². The number of nitrogens with two attached hydrogens (primary N) is 1. The van der Waals surface area contributed by atoms with E-state index in [4.69, 9.17) is 15.7 Å². The third-order valence-corrected chi connectivity index (χ3v) is 2.34. The zero-order valence-electron chi connectivity index (χ0n) is 10.0. The van der Waals surface area contributed by atoms with Crippen LogP contribution in [0.2, 0.25) is 0 Å². The van der Waals surface area contributed by atoms with Crippen LogP contribution in [0.1, 0.15) is 11.3 Å². The summed E-state index contributed by atoms with van der Waals surface area (Å²) in [4.78, 5) is 3.95. The molecule has 0 aliphatic heterocycles. The van der Waals surface area contributed by atoms with Crippen molar-refractivity contribution in [2.75, 3.05) is 0 Å². The molecule has 0 saturated heterocycles. The van der Waals surface area contributed by atoms with Gasteiger partial charge in [-0.1, -0.05) is 5.16 Å². The first-order valence-corrected chi connectivity index (χ1v) is 5.22. The molecule has 2 aromatic rings. The lowest BCUT2D eigenvalue weighted by molar-refractivity contribution is 0.318. The molecule has 2 aromatic heterocycles. The summed E-state index contributed by atoms with van der Waals surface area (Å²) in [7, 11) is 1.77. The maximum absolute atomic E-state index is 8.71. The molecule has 0 aromatic carbocycles. The van der Waals surface area contributed by atoms with Crippen LogP contribution in [0, 0.1) is 6.92 Å². The van der Waals surface area contributed by atoms with Crippen LogP contribution in [0.15, 0.2) is 29.7 Å². The number of amidine groups is 1. The van der Waals surface area contributed by atoms with Crippen molar-refractivity contribution < 1.29 is 9.94 Å². The largest absolute Gasteiger partial charge is 0.437 e. The van der Waals surface area contributed by atoms with E-state index in [-0.39, 0.29) is 5.84 Å². The molecule has 7 heteroatoms. The minimum absolute atomic E-state index is 0.0358. The number of rotatable bonds is 3. The molecular weight excluding hydrogens is 234 g/mol. The Morgan fingerprint density at radius 2 is 2.33 bits per heavy atom. The minimum atomic E-state index is -0.0358. The number of aromatic nitrogens is 3. The molecule has 2 rings (SSSR count). The predicted octanol–water partition coefficient (Wildman–Crippen LogP) is 1.01. The molecule has 7 nitrogen and oxygen atoms in total. The summed E-state index contributed by atoms with van der Waals surface area (Å²) in [5.41, 5.74) is 6.86. The van der Waals surface area contributed by atoms with E-state index >= 15 is 0 Å². The average molecular weight is 247 g/mol. The van der Waals surface area contributed by atoms with E-state index in [1.807, 2.05) is 6.92 Å². The molecule has 0 spiro atoms. The van der Waals surface area contributed by atoms with Crippen LogP contribution in [0.3, 0.4) is 0 Å². The Bertz CT molecular complexity index is 591. The Morgan fingerprint density at radius 3 is 2.94 bits per heavy atom. The van der Waals surface area contributed by atoms with Crippen molar-refractivity contribution >= 4 is 5.84 Å². The summed E-state index contributed by atoms with van der Waals surface area (Å²) in [6, 6.07) is 3.39. The number of aryl methyl sites for hydroxylation is 2. The van der Waals surface area contributed by atoms with Crippen LogP contribution in [0.4, 0.5) is 0 Å². The third kappa shape index (κ3) is 2.24. The van der Waals surface area contributed by atoms with Gasteiger partial charge in [0.2, 0.25) is 5.88 Å². The Kier molecular flexibility index (Phi) is 3.13. The van der Waals surface area contributed by atoms with Crippen LogP contribution in [-0.2, 0) is 7.05 Å². The highest BCUT2D eigenvalue weighted by atomic mass is 16.5. The fourth-order valence-corrected chi connectivity index (χ4v) is 1.52. The van der Waals surface area contributed by atoms with Gasteiger partial charge < -0.3 is 15.7 Å². The van der Waals surface area contributed by atoms with E-state index in [1.165, 1.54) is 12.4 Å². The van der Waals surface area contributed by atoms with Crippen LogP contribution >= 0.6 is 0 Å². The molecule has 18 heavy (non-hydrogen) atoms. The van der Waals surface area contributed by atoms with Gasteiger partial charge >= 0.3 is 0 Å². The first kappa shape index (κ1) is 11.9. The first-order chi connectivity index (χ1) is 8.61. The molecule has 0 unspecified atom stereocenters. The van der Waals surface area contributed by atoms with Gasteiger partial charge in [0.05, 0.1) is 17.5 Å². The fourth-order valence-electron chi connectivity index (χ4n) is 1.52. The van der Waals surface area contributed by atoms with Crippen molar-refractivity contribution in [1.29, 1.82) is 0 Å². The number of oxime groups is 1. The summed E-state index contributed by atoms with van der Waals surface area (Å²) >= 11 is 0. The van der Waals surface area contributed by atoms with Crippen LogP contribution in [0.25, 0.3) is 0 Å².